The van der Waals surface area contributed by atoms with Gasteiger partial charge in [-0.1, -0.05) is 0 Å². The Kier molecular flexibility index (Phi) is 4.12. The summed E-state index contributed by atoms with van der Waals surface area (Å²) in [7, 11) is 5.40. The Morgan fingerprint density at radius 3 is 2.67 bits per heavy atom. The number of carbonyl (C=O) groups is 1. The van der Waals surface area contributed by atoms with Gasteiger partial charge in [-0.2, -0.15) is 0 Å². The number of hydrogen-bond donors (Lipinski definition) is 1. The van der Waals surface area contributed by atoms with Crippen molar-refractivity contribution in [2.24, 2.45) is 11.3 Å². The first kappa shape index (κ1) is 13.6. The van der Waals surface area contributed by atoms with Crippen LogP contribution in [-0.4, -0.2) is 69.8 Å². The lowest BCUT2D eigenvalue weighted by atomic mass is 9.71. The smallest absolute Gasteiger partial charge is 0.319 e. The van der Waals surface area contributed by atoms with Crippen LogP contribution in [-0.2, 0) is 4.74 Å². The van der Waals surface area contributed by atoms with E-state index in [0.717, 1.165) is 45.6 Å². The van der Waals surface area contributed by atoms with E-state index < -0.39 is 0 Å². The molecule has 0 aromatic heterocycles. The van der Waals surface area contributed by atoms with Crippen molar-refractivity contribution < 1.29 is 9.53 Å². The summed E-state index contributed by atoms with van der Waals surface area (Å²) in [5, 5.41) is 3.41. The Hall–Kier alpha value is -0.810. The van der Waals surface area contributed by atoms with E-state index in [0.29, 0.717) is 5.92 Å². The van der Waals surface area contributed by atoms with Gasteiger partial charge in [-0.05, 0) is 31.3 Å². The number of likely N-dealkylation sites (tertiary alicyclic amines) is 1. The molecular formula is C13H25N3O2. The molecule has 1 spiro atoms. The molecule has 5 heteroatoms. The van der Waals surface area contributed by atoms with Gasteiger partial charge < -0.3 is 19.9 Å². The maximum Gasteiger partial charge on any atom is 0.319 e. The van der Waals surface area contributed by atoms with Crippen LogP contribution < -0.4 is 5.32 Å². The second kappa shape index (κ2) is 5.45. The predicted molar refractivity (Wildman–Crippen MR) is 70.6 cm³/mol. The molecule has 2 aliphatic rings. The van der Waals surface area contributed by atoms with E-state index in [-0.39, 0.29) is 11.4 Å². The van der Waals surface area contributed by atoms with E-state index in [4.69, 9.17) is 4.74 Å². The number of nitrogens with one attached hydrogen (secondary N) is 1. The van der Waals surface area contributed by atoms with Crippen molar-refractivity contribution >= 4 is 6.03 Å². The van der Waals surface area contributed by atoms with Gasteiger partial charge >= 0.3 is 6.03 Å². The van der Waals surface area contributed by atoms with Crippen molar-refractivity contribution in [1.82, 2.24) is 15.1 Å². The summed E-state index contributed by atoms with van der Waals surface area (Å²) in [5.74, 6) is 0.480. The molecule has 2 heterocycles. The first-order valence-corrected chi connectivity index (χ1v) is 6.75. The molecule has 104 valence electrons. The number of hydrogen-bond acceptors (Lipinski definition) is 3. The Morgan fingerprint density at radius 1 is 1.44 bits per heavy atom. The molecule has 1 N–H and O–H groups in total. The minimum atomic E-state index is 0.131. The third-order valence-electron chi connectivity index (χ3n) is 4.43. The van der Waals surface area contributed by atoms with Crippen molar-refractivity contribution in [3.63, 3.8) is 0 Å². The van der Waals surface area contributed by atoms with Gasteiger partial charge in [0, 0.05) is 40.2 Å². The maximum absolute atomic E-state index is 12.1. The van der Waals surface area contributed by atoms with Crippen LogP contribution in [0.5, 0.6) is 0 Å². The molecule has 2 aliphatic heterocycles. The standard InChI is InChI=1S/C13H25N3O2/c1-15(2)12(17)16-8-11(9-18-3)13(10-16)4-6-14-7-5-13/h11,14H,4-10H2,1-3H3. The Bertz CT molecular complexity index is 301. The zero-order chi connectivity index (χ0) is 13.2. The van der Waals surface area contributed by atoms with E-state index in [1.807, 2.05) is 19.0 Å². The molecule has 18 heavy (non-hydrogen) atoms. The first-order valence-electron chi connectivity index (χ1n) is 6.75. The monoisotopic (exact) mass is 255 g/mol. The molecule has 0 bridgehead atoms. The second-order valence-corrected chi connectivity index (χ2v) is 5.82. The van der Waals surface area contributed by atoms with Crippen LogP contribution in [0.3, 0.4) is 0 Å². The third kappa shape index (κ3) is 2.47. The molecule has 0 aromatic rings. The largest absolute Gasteiger partial charge is 0.384 e. The molecule has 0 saturated carbocycles. The van der Waals surface area contributed by atoms with Gasteiger partial charge in [-0.25, -0.2) is 4.79 Å². The van der Waals surface area contributed by atoms with Crippen LogP contribution in [0.2, 0.25) is 0 Å². The number of amides is 2. The average molecular weight is 255 g/mol. The Balaban J connectivity index is 2.10. The fourth-order valence-corrected chi connectivity index (χ4v) is 3.38. The van der Waals surface area contributed by atoms with Crippen LogP contribution >= 0.6 is 0 Å². The van der Waals surface area contributed by atoms with Crippen LogP contribution in [0.25, 0.3) is 0 Å². The summed E-state index contributed by atoms with van der Waals surface area (Å²) in [6, 6.07) is 0.131. The first-order chi connectivity index (χ1) is 8.59. The lowest BCUT2D eigenvalue weighted by Gasteiger charge is -2.38. The summed E-state index contributed by atoms with van der Waals surface area (Å²) in [6.07, 6.45) is 2.30. The van der Waals surface area contributed by atoms with E-state index in [1.54, 1.807) is 12.0 Å². The normalized spacial score (nSPS) is 26.6. The lowest BCUT2D eigenvalue weighted by molar-refractivity contribution is 0.0716. The van der Waals surface area contributed by atoms with Gasteiger partial charge in [-0.3, -0.25) is 0 Å². The highest BCUT2D eigenvalue weighted by Gasteiger charge is 2.48. The van der Waals surface area contributed by atoms with Gasteiger partial charge in [-0.15, -0.1) is 0 Å². The van der Waals surface area contributed by atoms with E-state index in [1.165, 1.54) is 0 Å². The number of nitrogens with zero attached hydrogens (tertiary/aromatic N) is 2. The topological polar surface area (TPSA) is 44.8 Å². The molecule has 0 aliphatic carbocycles. The minimum absolute atomic E-state index is 0.131. The molecule has 1 atom stereocenters. The molecule has 0 aromatic carbocycles. The maximum atomic E-state index is 12.1. The fourth-order valence-electron chi connectivity index (χ4n) is 3.38. The molecule has 2 amide bonds. The summed E-state index contributed by atoms with van der Waals surface area (Å²) in [6.45, 7) is 4.61. The number of methoxy groups -OCH3 is 1. The quantitative estimate of drug-likeness (QED) is 0.786. The summed E-state index contributed by atoms with van der Waals surface area (Å²) in [4.78, 5) is 15.8. The van der Waals surface area contributed by atoms with Gasteiger partial charge in [0.2, 0.25) is 0 Å². The number of piperidine rings is 1. The second-order valence-electron chi connectivity index (χ2n) is 5.82. The fraction of sp³-hybridized carbons (Fsp3) is 0.923. The third-order valence-corrected chi connectivity index (χ3v) is 4.43. The summed E-state index contributed by atoms with van der Waals surface area (Å²) in [5.41, 5.74) is 0.271. The van der Waals surface area contributed by atoms with Gasteiger partial charge in [0.1, 0.15) is 0 Å². The predicted octanol–water partition coefficient (Wildman–Crippen LogP) is 0.616. The average Bonchev–Trinajstić information content (AvgIpc) is 2.69. The highest BCUT2D eigenvalue weighted by Crippen LogP contribution is 2.43. The van der Waals surface area contributed by atoms with Crippen LogP contribution in [0.1, 0.15) is 12.8 Å². The van der Waals surface area contributed by atoms with Crippen molar-refractivity contribution in [1.29, 1.82) is 0 Å². The van der Waals surface area contributed by atoms with Crippen molar-refractivity contribution in [3.05, 3.63) is 0 Å². The zero-order valence-corrected chi connectivity index (χ0v) is 11.7. The van der Waals surface area contributed by atoms with Gasteiger partial charge in [0.15, 0.2) is 0 Å². The number of rotatable bonds is 2. The molecule has 0 radical (unpaired) electrons. The van der Waals surface area contributed by atoms with E-state index >= 15 is 0 Å². The highest BCUT2D eigenvalue weighted by molar-refractivity contribution is 5.74. The van der Waals surface area contributed by atoms with Crippen molar-refractivity contribution in [3.8, 4) is 0 Å². The molecule has 2 saturated heterocycles. The number of ether oxygens (including phenoxy) is 1. The summed E-state index contributed by atoms with van der Waals surface area (Å²) >= 11 is 0. The number of urea groups is 1. The Labute approximate surface area is 109 Å². The van der Waals surface area contributed by atoms with E-state index in [2.05, 4.69) is 5.32 Å². The Morgan fingerprint density at radius 2 is 2.11 bits per heavy atom. The SMILES string of the molecule is COCC1CN(C(=O)N(C)C)CC12CCNCC2. The van der Waals surface area contributed by atoms with Crippen molar-refractivity contribution in [2.75, 3.05) is 54.0 Å². The minimum Gasteiger partial charge on any atom is -0.384 e. The summed E-state index contributed by atoms with van der Waals surface area (Å²) < 4.78 is 5.37. The zero-order valence-electron chi connectivity index (χ0n) is 11.7. The molecule has 2 fully saturated rings. The van der Waals surface area contributed by atoms with E-state index in [9.17, 15) is 4.79 Å². The highest BCUT2D eigenvalue weighted by atomic mass is 16.5. The lowest BCUT2D eigenvalue weighted by Crippen LogP contribution is -2.44. The molecular weight excluding hydrogens is 230 g/mol. The van der Waals surface area contributed by atoms with Gasteiger partial charge in [0.05, 0.1) is 6.61 Å². The van der Waals surface area contributed by atoms with Crippen LogP contribution in [0, 0.1) is 11.3 Å². The van der Waals surface area contributed by atoms with Crippen LogP contribution in [0.4, 0.5) is 4.79 Å². The molecule has 1 unspecified atom stereocenters. The molecule has 5 nitrogen and oxygen atoms in total. The molecule has 2 rings (SSSR count). The van der Waals surface area contributed by atoms with Gasteiger partial charge in [0.25, 0.3) is 0 Å². The van der Waals surface area contributed by atoms with Crippen LogP contribution in [0.15, 0.2) is 0 Å². The van der Waals surface area contributed by atoms with Crippen molar-refractivity contribution in [2.45, 2.75) is 12.8 Å². The number of carbonyl (C=O) groups excluding carboxylic acids is 1.